The third-order valence-electron chi connectivity index (χ3n) is 4.67. The molecule has 1 aliphatic rings. The molecule has 0 unspecified atom stereocenters. The number of nitrogens with one attached hydrogen (secondary N) is 2. The zero-order valence-electron chi connectivity index (χ0n) is 14.8. The van der Waals surface area contributed by atoms with Gasteiger partial charge in [-0.05, 0) is 37.0 Å². The predicted molar refractivity (Wildman–Crippen MR) is 98.3 cm³/mol. The van der Waals surface area contributed by atoms with Crippen LogP contribution in [-0.2, 0) is 14.9 Å². The Labute approximate surface area is 150 Å². The smallest absolute Gasteiger partial charge is 0.230 e. The maximum atomic E-state index is 12.7. The summed E-state index contributed by atoms with van der Waals surface area (Å²) < 4.78 is 10.4. The second-order valence-electron chi connectivity index (χ2n) is 6.12. The first-order valence-electron chi connectivity index (χ1n) is 8.27. The number of halogens is 1. The molecule has 6 heteroatoms. The highest BCUT2D eigenvalue weighted by molar-refractivity contribution is 5.89. The van der Waals surface area contributed by atoms with Crippen LogP contribution in [0.25, 0.3) is 0 Å². The third-order valence-corrected chi connectivity index (χ3v) is 4.67. The Hall–Kier alpha value is -1.30. The van der Waals surface area contributed by atoms with Crippen molar-refractivity contribution < 1.29 is 14.3 Å². The van der Waals surface area contributed by atoms with Crippen LogP contribution in [0.3, 0.4) is 0 Å². The Morgan fingerprint density at radius 2 is 1.96 bits per heavy atom. The van der Waals surface area contributed by atoms with Crippen LogP contribution < -0.4 is 15.4 Å². The van der Waals surface area contributed by atoms with Crippen molar-refractivity contribution in [1.82, 2.24) is 10.6 Å². The van der Waals surface area contributed by atoms with Gasteiger partial charge >= 0.3 is 0 Å². The largest absolute Gasteiger partial charge is 0.496 e. The molecule has 0 aliphatic heterocycles. The molecule has 0 spiro atoms. The van der Waals surface area contributed by atoms with Crippen molar-refractivity contribution in [2.45, 2.75) is 31.6 Å². The molecule has 0 bridgehead atoms. The van der Waals surface area contributed by atoms with E-state index in [1.165, 1.54) is 0 Å². The van der Waals surface area contributed by atoms with Crippen LogP contribution in [0, 0.1) is 6.92 Å². The minimum Gasteiger partial charge on any atom is -0.496 e. The molecule has 24 heavy (non-hydrogen) atoms. The first-order valence-corrected chi connectivity index (χ1v) is 8.27. The van der Waals surface area contributed by atoms with Crippen molar-refractivity contribution in [2.75, 3.05) is 40.5 Å². The minimum atomic E-state index is -0.381. The van der Waals surface area contributed by atoms with E-state index in [0.717, 1.165) is 49.2 Å². The zero-order chi connectivity index (χ0) is 16.7. The molecule has 0 heterocycles. The minimum absolute atomic E-state index is 0. The lowest BCUT2D eigenvalue weighted by atomic mass is 9.63. The fourth-order valence-electron chi connectivity index (χ4n) is 3.03. The highest BCUT2D eigenvalue weighted by Crippen LogP contribution is 2.45. The average Bonchev–Trinajstić information content (AvgIpc) is 2.51. The van der Waals surface area contributed by atoms with Crippen molar-refractivity contribution in [3.8, 4) is 5.75 Å². The molecule has 5 nitrogen and oxygen atoms in total. The molecular weight excluding hydrogens is 328 g/mol. The summed E-state index contributed by atoms with van der Waals surface area (Å²) in [5.74, 6) is 0.978. The van der Waals surface area contributed by atoms with Crippen LogP contribution in [0.1, 0.15) is 30.4 Å². The monoisotopic (exact) mass is 356 g/mol. The summed E-state index contributed by atoms with van der Waals surface area (Å²) in [6.45, 7) is 4.88. The van der Waals surface area contributed by atoms with E-state index in [1.807, 2.05) is 19.1 Å². The summed E-state index contributed by atoms with van der Waals surface area (Å²) >= 11 is 0. The Morgan fingerprint density at radius 1 is 1.21 bits per heavy atom. The normalized spacial score (nSPS) is 15.1. The summed E-state index contributed by atoms with van der Waals surface area (Å²) in [6.07, 6.45) is 2.90. The molecule has 0 saturated heterocycles. The van der Waals surface area contributed by atoms with Crippen molar-refractivity contribution in [1.29, 1.82) is 0 Å². The summed E-state index contributed by atoms with van der Waals surface area (Å²) in [5, 5.41) is 6.30. The number of amides is 1. The standard InChI is InChI=1S/C18H28N2O3.ClH/c1-14-5-6-15(13-16(14)23-3)18(7-4-8-18)17(21)20-10-9-19-11-12-22-2;/h5-6,13,19H,4,7-12H2,1-3H3,(H,20,21);1H. The Bertz CT molecular complexity index is 533. The van der Waals surface area contributed by atoms with Gasteiger partial charge in [0.15, 0.2) is 0 Å². The highest BCUT2D eigenvalue weighted by atomic mass is 35.5. The quantitative estimate of drug-likeness (QED) is 0.666. The van der Waals surface area contributed by atoms with E-state index >= 15 is 0 Å². The third kappa shape index (κ3) is 4.62. The van der Waals surface area contributed by atoms with Crippen molar-refractivity contribution >= 4 is 18.3 Å². The lowest BCUT2D eigenvalue weighted by Gasteiger charge is -2.41. The molecule has 1 fully saturated rings. The number of rotatable bonds is 9. The molecule has 1 aliphatic carbocycles. The topological polar surface area (TPSA) is 59.6 Å². The number of aryl methyl sites for hydroxylation is 1. The van der Waals surface area contributed by atoms with Crippen LogP contribution in [0.2, 0.25) is 0 Å². The Morgan fingerprint density at radius 3 is 2.54 bits per heavy atom. The molecule has 1 aromatic rings. The highest BCUT2D eigenvalue weighted by Gasteiger charge is 2.45. The van der Waals surface area contributed by atoms with E-state index < -0.39 is 0 Å². The van der Waals surface area contributed by atoms with Crippen molar-refractivity contribution in [3.05, 3.63) is 29.3 Å². The van der Waals surface area contributed by atoms with Crippen LogP contribution >= 0.6 is 12.4 Å². The van der Waals surface area contributed by atoms with Crippen LogP contribution in [-0.4, -0.2) is 46.4 Å². The van der Waals surface area contributed by atoms with Gasteiger partial charge in [0, 0.05) is 26.7 Å². The SMILES string of the molecule is COCCNCCNC(=O)C1(c2ccc(C)c(OC)c2)CCC1.Cl. The maximum Gasteiger partial charge on any atom is 0.230 e. The number of hydrogen-bond donors (Lipinski definition) is 2. The first-order chi connectivity index (χ1) is 11.1. The van der Waals surface area contributed by atoms with Gasteiger partial charge < -0.3 is 20.1 Å². The maximum absolute atomic E-state index is 12.7. The fourth-order valence-corrected chi connectivity index (χ4v) is 3.03. The molecule has 1 amide bonds. The van der Waals surface area contributed by atoms with E-state index in [1.54, 1.807) is 14.2 Å². The van der Waals surface area contributed by atoms with E-state index in [-0.39, 0.29) is 23.7 Å². The van der Waals surface area contributed by atoms with E-state index in [2.05, 4.69) is 16.7 Å². The van der Waals surface area contributed by atoms with E-state index in [0.29, 0.717) is 13.2 Å². The number of carbonyl (C=O) groups excluding carboxylic acids is 1. The van der Waals surface area contributed by atoms with E-state index in [9.17, 15) is 4.79 Å². The van der Waals surface area contributed by atoms with Gasteiger partial charge in [0.25, 0.3) is 0 Å². The molecule has 0 aromatic heterocycles. The molecule has 1 saturated carbocycles. The predicted octanol–water partition coefficient (Wildman–Crippen LogP) is 2.20. The van der Waals surface area contributed by atoms with Crippen LogP contribution in [0.4, 0.5) is 0 Å². The molecule has 1 aromatic carbocycles. The fraction of sp³-hybridized carbons (Fsp3) is 0.611. The second kappa shape index (κ2) is 9.87. The van der Waals surface area contributed by atoms with Crippen molar-refractivity contribution in [3.63, 3.8) is 0 Å². The summed E-state index contributed by atoms with van der Waals surface area (Å²) in [7, 11) is 3.35. The van der Waals surface area contributed by atoms with Gasteiger partial charge in [-0.1, -0.05) is 18.6 Å². The summed E-state index contributed by atoms with van der Waals surface area (Å²) in [4.78, 5) is 12.7. The lowest BCUT2D eigenvalue weighted by molar-refractivity contribution is -0.129. The number of benzene rings is 1. The van der Waals surface area contributed by atoms with E-state index in [4.69, 9.17) is 9.47 Å². The second-order valence-corrected chi connectivity index (χ2v) is 6.12. The molecule has 136 valence electrons. The lowest BCUT2D eigenvalue weighted by Crippen LogP contribution is -2.50. The Kier molecular flexibility index (Phi) is 8.53. The number of ether oxygens (including phenoxy) is 2. The van der Waals surface area contributed by atoms with Gasteiger partial charge in [0.1, 0.15) is 5.75 Å². The summed E-state index contributed by atoms with van der Waals surface area (Å²) in [6, 6.07) is 6.12. The number of methoxy groups -OCH3 is 2. The van der Waals surface area contributed by atoms with Gasteiger partial charge in [0.2, 0.25) is 5.91 Å². The van der Waals surface area contributed by atoms with Gasteiger partial charge in [0.05, 0.1) is 19.1 Å². The van der Waals surface area contributed by atoms with Gasteiger partial charge in [-0.3, -0.25) is 4.79 Å². The summed E-state index contributed by atoms with van der Waals surface area (Å²) in [5.41, 5.74) is 1.78. The average molecular weight is 357 g/mol. The van der Waals surface area contributed by atoms with Crippen LogP contribution in [0.5, 0.6) is 5.75 Å². The zero-order valence-corrected chi connectivity index (χ0v) is 15.6. The number of carbonyl (C=O) groups is 1. The molecule has 0 radical (unpaired) electrons. The van der Waals surface area contributed by atoms with Gasteiger partial charge in [-0.25, -0.2) is 0 Å². The molecule has 2 rings (SSSR count). The van der Waals surface area contributed by atoms with Crippen molar-refractivity contribution in [2.24, 2.45) is 0 Å². The number of hydrogen-bond acceptors (Lipinski definition) is 4. The first kappa shape index (κ1) is 20.7. The van der Waals surface area contributed by atoms with Gasteiger partial charge in [-0.2, -0.15) is 0 Å². The van der Waals surface area contributed by atoms with Gasteiger partial charge in [-0.15, -0.1) is 12.4 Å². The Balaban J connectivity index is 0.00000288. The molecule has 2 N–H and O–H groups in total. The molecular formula is C18H29ClN2O3. The molecule has 0 atom stereocenters. The van der Waals surface area contributed by atoms with Crippen LogP contribution in [0.15, 0.2) is 18.2 Å².